The number of rotatable bonds is 4. The summed E-state index contributed by atoms with van der Waals surface area (Å²) in [6, 6.07) is -0.453. The number of aromatic nitrogens is 2. The van der Waals surface area contributed by atoms with Crippen LogP contribution in [-0.2, 0) is 11.3 Å². The molecule has 0 atom stereocenters. The van der Waals surface area contributed by atoms with Crippen LogP contribution < -0.4 is 5.32 Å². The predicted molar refractivity (Wildman–Crippen MR) is 71.0 cm³/mol. The van der Waals surface area contributed by atoms with E-state index in [1.807, 2.05) is 6.92 Å². The van der Waals surface area contributed by atoms with Crippen molar-refractivity contribution in [1.82, 2.24) is 14.7 Å². The second-order valence-electron chi connectivity index (χ2n) is 5.17. The molecule has 0 radical (unpaired) electrons. The quantitative estimate of drug-likeness (QED) is 0.868. The summed E-state index contributed by atoms with van der Waals surface area (Å²) in [5.74, 6) is -1.05. The number of hydrogen-bond donors (Lipinski definition) is 2. The van der Waals surface area contributed by atoms with Crippen LogP contribution in [-0.4, -0.2) is 43.9 Å². The summed E-state index contributed by atoms with van der Waals surface area (Å²) in [7, 11) is 0. The zero-order valence-electron chi connectivity index (χ0n) is 11.7. The van der Waals surface area contributed by atoms with Gasteiger partial charge in [0.2, 0.25) is 0 Å². The van der Waals surface area contributed by atoms with E-state index < -0.39 is 17.5 Å². The summed E-state index contributed by atoms with van der Waals surface area (Å²) in [4.78, 5) is 24.2. The van der Waals surface area contributed by atoms with Crippen LogP contribution >= 0.6 is 0 Å². The molecule has 0 aromatic carbocycles. The van der Waals surface area contributed by atoms with Gasteiger partial charge in [-0.05, 0) is 27.7 Å². The van der Waals surface area contributed by atoms with Crippen molar-refractivity contribution in [2.75, 3.05) is 11.9 Å². The third kappa shape index (κ3) is 4.27. The molecule has 1 aromatic rings. The standard InChI is InChI=1S/C12H20N4O3/c1-5-15-7-9(6-13-15)14-11(19)16(8-10(17)18)12(2,3)4/h6-7H,5,8H2,1-4H3,(H,14,19)(H,17,18). The third-order valence-corrected chi connectivity index (χ3v) is 2.56. The monoisotopic (exact) mass is 268 g/mol. The molecular formula is C12H20N4O3. The van der Waals surface area contributed by atoms with Crippen molar-refractivity contribution in [3.8, 4) is 0 Å². The molecule has 0 spiro atoms. The topological polar surface area (TPSA) is 87.5 Å². The number of carboxylic acids is 1. The Bertz CT molecular complexity index is 462. The SMILES string of the molecule is CCn1cc(NC(=O)N(CC(=O)O)C(C)(C)C)cn1. The summed E-state index contributed by atoms with van der Waals surface area (Å²) in [5.41, 5.74) is -0.0325. The summed E-state index contributed by atoms with van der Waals surface area (Å²) < 4.78 is 1.67. The van der Waals surface area contributed by atoms with E-state index in [2.05, 4.69) is 10.4 Å². The number of nitrogens with zero attached hydrogens (tertiary/aromatic N) is 3. The van der Waals surface area contributed by atoms with Gasteiger partial charge in [0.05, 0.1) is 11.9 Å². The van der Waals surface area contributed by atoms with E-state index in [1.54, 1.807) is 31.6 Å². The number of nitrogens with one attached hydrogen (secondary N) is 1. The molecule has 1 aromatic heterocycles. The zero-order valence-corrected chi connectivity index (χ0v) is 11.7. The first-order valence-electron chi connectivity index (χ1n) is 6.07. The van der Waals surface area contributed by atoms with Crippen molar-refractivity contribution in [2.45, 2.75) is 39.8 Å². The van der Waals surface area contributed by atoms with E-state index in [-0.39, 0.29) is 6.54 Å². The predicted octanol–water partition coefficient (Wildman–Crippen LogP) is 1.62. The number of carbonyl (C=O) groups excluding carboxylic acids is 1. The number of carbonyl (C=O) groups is 2. The Balaban J connectivity index is 2.79. The second-order valence-corrected chi connectivity index (χ2v) is 5.17. The molecule has 106 valence electrons. The summed E-state index contributed by atoms with van der Waals surface area (Å²) in [6.07, 6.45) is 3.22. The Morgan fingerprint density at radius 3 is 2.53 bits per heavy atom. The zero-order chi connectivity index (χ0) is 14.6. The molecule has 1 heterocycles. The van der Waals surface area contributed by atoms with E-state index in [0.717, 1.165) is 0 Å². The van der Waals surface area contributed by atoms with Crippen molar-refractivity contribution < 1.29 is 14.7 Å². The molecule has 2 N–H and O–H groups in total. The molecule has 0 saturated heterocycles. The lowest BCUT2D eigenvalue weighted by Gasteiger charge is -2.34. The molecule has 0 saturated carbocycles. The van der Waals surface area contributed by atoms with Gasteiger partial charge in [-0.2, -0.15) is 5.10 Å². The Labute approximate surface area is 112 Å². The van der Waals surface area contributed by atoms with E-state index >= 15 is 0 Å². The van der Waals surface area contributed by atoms with Gasteiger partial charge in [-0.1, -0.05) is 0 Å². The molecule has 0 aliphatic rings. The van der Waals surface area contributed by atoms with Gasteiger partial charge in [-0.25, -0.2) is 4.79 Å². The normalized spacial score (nSPS) is 11.2. The number of carboxylic acid groups (broad SMARTS) is 1. The number of urea groups is 1. The minimum absolute atomic E-state index is 0.350. The largest absolute Gasteiger partial charge is 0.480 e. The number of anilines is 1. The number of aryl methyl sites for hydroxylation is 1. The van der Waals surface area contributed by atoms with Crippen molar-refractivity contribution in [2.24, 2.45) is 0 Å². The highest BCUT2D eigenvalue weighted by molar-refractivity contribution is 5.91. The van der Waals surface area contributed by atoms with Gasteiger partial charge >= 0.3 is 12.0 Å². The lowest BCUT2D eigenvalue weighted by atomic mass is 10.1. The van der Waals surface area contributed by atoms with Crippen molar-refractivity contribution in [3.05, 3.63) is 12.4 Å². The fourth-order valence-electron chi connectivity index (χ4n) is 1.54. The molecule has 7 nitrogen and oxygen atoms in total. The fourth-order valence-corrected chi connectivity index (χ4v) is 1.54. The summed E-state index contributed by atoms with van der Waals surface area (Å²) >= 11 is 0. The summed E-state index contributed by atoms with van der Waals surface area (Å²) in [5, 5.41) is 15.6. The molecule has 0 fully saturated rings. The van der Waals surface area contributed by atoms with Crippen LogP contribution in [0, 0.1) is 0 Å². The molecule has 0 unspecified atom stereocenters. The molecule has 2 amide bonds. The maximum atomic E-state index is 12.1. The molecule has 0 aliphatic heterocycles. The smallest absolute Gasteiger partial charge is 0.323 e. The second kappa shape index (κ2) is 5.73. The Morgan fingerprint density at radius 1 is 1.47 bits per heavy atom. The molecule has 0 bridgehead atoms. The van der Waals surface area contributed by atoms with Crippen LogP contribution in [0.15, 0.2) is 12.4 Å². The first kappa shape index (κ1) is 15.0. The van der Waals surface area contributed by atoms with Crippen LogP contribution in [0.1, 0.15) is 27.7 Å². The van der Waals surface area contributed by atoms with Crippen molar-refractivity contribution in [3.63, 3.8) is 0 Å². The molecule has 7 heteroatoms. The van der Waals surface area contributed by atoms with Crippen LogP contribution in [0.2, 0.25) is 0 Å². The van der Waals surface area contributed by atoms with E-state index in [1.165, 1.54) is 11.1 Å². The third-order valence-electron chi connectivity index (χ3n) is 2.56. The minimum Gasteiger partial charge on any atom is -0.480 e. The van der Waals surface area contributed by atoms with Gasteiger partial charge in [0, 0.05) is 18.3 Å². The van der Waals surface area contributed by atoms with Crippen LogP contribution in [0.5, 0.6) is 0 Å². The van der Waals surface area contributed by atoms with Crippen LogP contribution in [0.3, 0.4) is 0 Å². The van der Waals surface area contributed by atoms with Gasteiger partial charge in [0.1, 0.15) is 6.54 Å². The van der Waals surface area contributed by atoms with Gasteiger partial charge in [-0.15, -0.1) is 0 Å². The number of hydrogen-bond acceptors (Lipinski definition) is 3. The highest BCUT2D eigenvalue weighted by atomic mass is 16.4. The van der Waals surface area contributed by atoms with Crippen molar-refractivity contribution >= 4 is 17.7 Å². The first-order valence-corrected chi connectivity index (χ1v) is 6.07. The highest BCUT2D eigenvalue weighted by Gasteiger charge is 2.28. The number of amides is 2. The fraction of sp³-hybridized carbons (Fsp3) is 0.583. The summed E-state index contributed by atoms with van der Waals surface area (Å²) in [6.45, 7) is 7.64. The maximum absolute atomic E-state index is 12.1. The minimum atomic E-state index is -1.05. The lowest BCUT2D eigenvalue weighted by Crippen LogP contribution is -2.50. The van der Waals surface area contributed by atoms with Crippen molar-refractivity contribution in [1.29, 1.82) is 0 Å². The molecule has 0 aliphatic carbocycles. The van der Waals surface area contributed by atoms with E-state index in [0.29, 0.717) is 12.2 Å². The molecular weight excluding hydrogens is 248 g/mol. The molecule has 1 rings (SSSR count). The average molecular weight is 268 g/mol. The Morgan fingerprint density at radius 2 is 2.11 bits per heavy atom. The first-order chi connectivity index (χ1) is 8.74. The van der Waals surface area contributed by atoms with Gasteiger partial charge in [0.15, 0.2) is 0 Å². The van der Waals surface area contributed by atoms with Crippen LogP contribution in [0.4, 0.5) is 10.5 Å². The van der Waals surface area contributed by atoms with Gasteiger partial charge < -0.3 is 15.3 Å². The van der Waals surface area contributed by atoms with E-state index in [9.17, 15) is 9.59 Å². The van der Waals surface area contributed by atoms with Gasteiger partial charge in [0.25, 0.3) is 0 Å². The average Bonchev–Trinajstić information content (AvgIpc) is 2.71. The van der Waals surface area contributed by atoms with E-state index in [4.69, 9.17) is 5.11 Å². The molecule has 19 heavy (non-hydrogen) atoms. The lowest BCUT2D eigenvalue weighted by molar-refractivity contribution is -0.138. The van der Waals surface area contributed by atoms with Crippen LogP contribution in [0.25, 0.3) is 0 Å². The van der Waals surface area contributed by atoms with Gasteiger partial charge in [-0.3, -0.25) is 9.48 Å². The maximum Gasteiger partial charge on any atom is 0.323 e. The highest BCUT2D eigenvalue weighted by Crippen LogP contribution is 2.15. The Kier molecular flexibility index (Phi) is 4.52. The Hall–Kier alpha value is -2.05. The number of aliphatic carboxylic acids is 1.